The van der Waals surface area contributed by atoms with Gasteiger partial charge < -0.3 is 19.5 Å². The van der Waals surface area contributed by atoms with E-state index >= 15 is 0 Å². The van der Waals surface area contributed by atoms with E-state index in [9.17, 15) is 15.2 Å². The van der Waals surface area contributed by atoms with Crippen molar-refractivity contribution in [2.45, 2.75) is 70.6 Å². The van der Waals surface area contributed by atoms with Gasteiger partial charge in [-0.2, -0.15) is 10.4 Å². The first kappa shape index (κ1) is 26.7. The maximum absolute atomic E-state index is 12.1. The number of aromatic nitrogens is 3. The van der Waals surface area contributed by atoms with Crippen LogP contribution >= 0.6 is 0 Å². The van der Waals surface area contributed by atoms with E-state index in [0.29, 0.717) is 28.9 Å². The summed E-state index contributed by atoms with van der Waals surface area (Å²) >= 11 is 0. The molecule has 9 nitrogen and oxygen atoms in total. The van der Waals surface area contributed by atoms with Crippen molar-refractivity contribution in [3.8, 4) is 22.9 Å². The number of nitriles is 1. The molecule has 2 atom stereocenters. The maximum atomic E-state index is 12.1. The number of carbonyl (C=O) groups excluding carboxylic acids is 1. The molecule has 40 heavy (non-hydrogen) atoms. The molecule has 2 unspecified atom stereocenters. The van der Waals surface area contributed by atoms with Gasteiger partial charge in [0.2, 0.25) is 0 Å². The number of nitrogens with zero attached hydrogens (tertiary/aromatic N) is 6. The second kappa shape index (κ2) is 10.2. The molecule has 3 saturated heterocycles. The summed E-state index contributed by atoms with van der Waals surface area (Å²) in [6, 6.07) is 9.12. The van der Waals surface area contributed by atoms with Crippen LogP contribution in [0, 0.1) is 22.7 Å². The number of piperazine rings is 1. The van der Waals surface area contributed by atoms with Gasteiger partial charge in [-0.15, -0.1) is 0 Å². The molecule has 0 aromatic carbocycles. The molecule has 4 fully saturated rings. The lowest BCUT2D eigenvalue weighted by molar-refractivity contribution is -0.124. The number of hydrogen-bond donors (Lipinski definition) is 1. The lowest BCUT2D eigenvalue weighted by Gasteiger charge is -2.58. The molecule has 6 heterocycles. The highest BCUT2D eigenvalue weighted by molar-refractivity contribution is 5.85. The van der Waals surface area contributed by atoms with Crippen molar-refractivity contribution in [2.24, 2.45) is 11.3 Å². The third-order valence-corrected chi connectivity index (χ3v) is 9.04. The zero-order valence-corrected chi connectivity index (χ0v) is 23.6. The van der Waals surface area contributed by atoms with Crippen molar-refractivity contribution in [2.75, 3.05) is 31.1 Å². The molecule has 3 aromatic rings. The molecule has 7 rings (SSSR count). The SMILES string of the molecule is CC1CCC(C=O)(CN2C3CC2CN(c2ccc(-c4cc(OCC(C)(C)O)cn5ncc(C#N)c45)cn2)C3)CC1. The van der Waals surface area contributed by atoms with Crippen LogP contribution in [0.3, 0.4) is 0 Å². The Labute approximate surface area is 235 Å². The highest BCUT2D eigenvalue weighted by atomic mass is 16.5. The highest BCUT2D eigenvalue weighted by Gasteiger charge is 2.48. The number of ether oxygens (including phenoxy) is 1. The molecular weight excluding hydrogens is 504 g/mol. The molecule has 9 heteroatoms. The van der Waals surface area contributed by atoms with E-state index in [2.05, 4.69) is 27.9 Å². The summed E-state index contributed by atoms with van der Waals surface area (Å²) in [5, 5.41) is 24.1. The highest BCUT2D eigenvalue weighted by Crippen LogP contribution is 2.43. The van der Waals surface area contributed by atoms with E-state index in [-0.39, 0.29) is 12.0 Å². The quantitative estimate of drug-likeness (QED) is 0.425. The van der Waals surface area contributed by atoms with E-state index in [1.165, 1.54) is 12.7 Å². The Hall–Kier alpha value is -3.48. The third-order valence-electron chi connectivity index (χ3n) is 9.04. The van der Waals surface area contributed by atoms with Crippen LogP contribution in [0.25, 0.3) is 16.6 Å². The number of fused-ring (bicyclic) bond motifs is 3. The molecular formula is C31H38N6O3. The van der Waals surface area contributed by atoms with Crippen LogP contribution in [-0.2, 0) is 4.79 Å². The van der Waals surface area contributed by atoms with Crippen molar-refractivity contribution < 1.29 is 14.6 Å². The Morgan fingerprint density at radius 1 is 1.23 bits per heavy atom. The summed E-state index contributed by atoms with van der Waals surface area (Å²) in [4.78, 5) is 21.9. The van der Waals surface area contributed by atoms with Crippen molar-refractivity contribution in [1.29, 1.82) is 5.26 Å². The minimum absolute atomic E-state index is 0.128. The Kier molecular flexibility index (Phi) is 6.79. The summed E-state index contributed by atoms with van der Waals surface area (Å²) in [5.41, 5.74) is 1.69. The minimum atomic E-state index is -0.978. The average Bonchev–Trinajstić information content (AvgIpc) is 3.38. The van der Waals surface area contributed by atoms with Crippen molar-refractivity contribution in [3.63, 3.8) is 0 Å². The van der Waals surface area contributed by atoms with Gasteiger partial charge in [-0.1, -0.05) is 6.92 Å². The van der Waals surface area contributed by atoms with Crippen LogP contribution in [0.15, 0.2) is 36.8 Å². The largest absolute Gasteiger partial charge is 0.489 e. The van der Waals surface area contributed by atoms with Gasteiger partial charge in [0.1, 0.15) is 30.5 Å². The van der Waals surface area contributed by atoms with Crippen molar-refractivity contribution >= 4 is 17.6 Å². The molecule has 1 saturated carbocycles. The van der Waals surface area contributed by atoms with Crippen LogP contribution < -0.4 is 9.64 Å². The van der Waals surface area contributed by atoms with Crippen LogP contribution in [0.2, 0.25) is 0 Å². The van der Waals surface area contributed by atoms with Gasteiger partial charge in [-0.05, 0) is 70.1 Å². The van der Waals surface area contributed by atoms with Gasteiger partial charge in [-0.25, -0.2) is 9.50 Å². The number of aldehydes is 1. The van der Waals surface area contributed by atoms with E-state index < -0.39 is 5.60 Å². The normalized spacial score (nSPS) is 26.8. The Bertz CT molecular complexity index is 1420. The smallest absolute Gasteiger partial charge is 0.138 e. The molecule has 3 aliphatic heterocycles. The number of anilines is 1. The summed E-state index contributed by atoms with van der Waals surface area (Å²) in [7, 11) is 0. The lowest BCUT2D eigenvalue weighted by atomic mass is 9.70. The first-order valence-corrected chi connectivity index (χ1v) is 14.4. The Morgan fingerprint density at radius 3 is 2.60 bits per heavy atom. The topological polar surface area (TPSA) is 107 Å². The second-order valence-corrected chi connectivity index (χ2v) is 12.8. The fourth-order valence-electron chi connectivity index (χ4n) is 6.62. The van der Waals surface area contributed by atoms with E-state index in [0.717, 1.165) is 68.2 Å². The molecule has 1 aliphatic carbocycles. The second-order valence-electron chi connectivity index (χ2n) is 12.8. The van der Waals surface area contributed by atoms with Crippen molar-refractivity contribution in [1.82, 2.24) is 19.5 Å². The van der Waals surface area contributed by atoms with Gasteiger partial charge in [-0.3, -0.25) is 4.90 Å². The molecule has 0 amide bonds. The summed E-state index contributed by atoms with van der Waals surface area (Å²) in [6.45, 7) is 8.54. The molecule has 3 aromatic heterocycles. The summed E-state index contributed by atoms with van der Waals surface area (Å²) in [5.74, 6) is 2.22. The molecule has 2 bridgehead atoms. The van der Waals surface area contributed by atoms with Gasteiger partial charge in [0.15, 0.2) is 0 Å². The molecule has 210 valence electrons. The monoisotopic (exact) mass is 542 g/mol. The van der Waals surface area contributed by atoms with Gasteiger partial charge in [0.05, 0.1) is 29.1 Å². The van der Waals surface area contributed by atoms with Gasteiger partial charge in [0.25, 0.3) is 0 Å². The fourth-order valence-corrected chi connectivity index (χ4v) is 6.62. The first-order valence-electron chi connectivity index (χ1n) is 14.4. The van der Waals surface area contributed by atoms with Gasteiger partial charge >= 0.3 is 0 Å². The molecule has 1 N–H and O–H groups in total. The van der Waals surface area contributed by atoms with Crippen LogP contribution in [0.5, 0.6) is 5.75 Å². The van der Waals surface area contributed by atoms with E-state index in [1.54, 1.807) is 30.8 Å². The van der Waals surface area contributed by atoms with Gasteiger partial charge in [0, 0.05) is 54.5 Å². The Morgan fingerprint density at radius 2 is 1.98 bits per heavy atom. The van der Waals surface area contributed by atoms with E-state index in [1.807, 2.05) is 24.4 Å². The predicted octanol–water partition coefficient (Wildman–Crippen LogP) is 4.08. The van der Waals surface area contributed by atoms with Crippen molar-refractivity contribution in [3.05, 3.63) is 42.4 Å². The standard InChI is InChI=1S/C31H38N6O3/c1-21-6-8-31(19-38,9-7-21)18-36-24-10-25(36)16-35(15-24)28-5-4-22(13-33-28)27-11-26(40-20-30(2,3)39)17-37-29(27)23(12-32)14-34-37/h4-5,11,13-14,17,19,21,24-25,39H,6-10,15-16,18,20H2,1-3H3. The number of aliphatic hydroxyl groups is 1. The number of pyridine rings is 2. The lowest BCUT2D eigenvalue weighted by Crippen LogP contribution is -2.70. The number of carbonyl (C=O) groups is 1. The molecule has 0 spiro atoms. The summed E-state index contributed by atoms with van der Waals surface area (Å²) < 4.78 is 7.50. The van der Waals surface area contributed by atoms with E-state index in [4.69, 9.17) is 9.72 Å². The Balaban J connectivity index is 1.19. The number of rotatable bonds is 8. The molecule has 4 aliphatic rings. The zero-order chi connectivity index (χ0) is 28.1. The number of piperidine rings is 1. The summed E-state index contributed by atoms with van der Waals surface area (Å²) in [6.07, 6.45) is 11.9. The van der Waals surface area contributed by atoms with Crippen LogP contribution in [0.1, 0.15) is 58.4 Å². The average molecular weight is 543 g/mol. The zero-order valence-electron chi connectivity index (χ0n) is 23.6. The number of hydrogen-bond acceptors (Lipinski definition) is 8. The first-order chi connectivity index (χ1) is 19.2. The fraction of sp³-hybridized carbons (Fsp3) is 0.548. The van der Waals surface area contributed by atoms with Crippen LogP contribution in [-0.4, -0.2) is 74.8 Å². The predicted molar refractivity (Wildman–Crippen MR) is 152 cm³/mol. The molecule has 0 radical (unpaired) electrons. The third kappa shape index (κ3) is 5.06. The maximum Gasteiger partial charge on any atom is 0.138 e. The van der Waals surface area contributed by atoms with Crippen LogP contribution in [0.4, 0.5) is 5.82 Å². The minimum Gasteiger partial charge on any atom is -0.489 e.